The first-order valence-corrected chi connectivity index (χ1v) is 9.55. The first kappa shape index (κ1) is 17.2. The summed E-state index contributed by atoms with van der Waals surface area (Å²) in [6.07, 6.45) is 4.45. The summed E-state index contributed by atoms with van der Waals surface area (Å²) in [6, 6.07) is 1.32. The van der Waals surface area contributed by atoms with E-state index in [2.05, 4.69) is 4.98 Å². The number of benzene rings is 1. The Morgan fingerprint density at radius 3 is 3.00 bits per heavy atom. The third-order valence-corrected chi connectivity index (χ3v) is 6.16. The molecule has 0 amide bonds. The number of nitrogens with zero attached hydrogens (tertiary/aromatic N) is 2. The molecule has 1 aromatic heterocycles. The van der Waals surface area contributed by atoms with Crippen LogP contribution in [0.1, 0.15) is 17.2 Å². The van der Waals surface area contributed by atoms with E-state index in [1.165, 1.54) is 27.7 Å². The van der Waals surface area contributed by atoms with Gasteiger partial charge in [-0.2, -0.15) is 0 Å². The zero-order valence-corrected chi connectivity index (χ0v) is 14.1. The minimum Gasteiger partial charge on any atom is -0.480 e. The Morgan fingerprint density at radius 2 is 2.25 bits per heavy atom. The summed E-state index contributed by atoms with van der Waals surface area (Å²) in [5.74, 6) is -1.87. The number of halogens is 2. The third-order valence-electron chi connectivity index (χ3n) is 3.87. The predicted octanol–water partition coefficient (Wildman–Crippen LogP) is 2.65. The molecule has 0 spiro atoms. The van der Waals surface area contributed by atoms with Crippen LogP contribution in [-0.4, -0.2) is 32.4 Å². The number of carbonyl (C=O) groups is 1. The standard InChI is InChI=1S/C15H15F2N3O2S2/c16-9-3-8-4-10(6-11(8)12(17)5-9)20-2-1-19-15(20)24-23-7-13(18)14(21)22/h1-3,5,10,13H,4,6-7,18H2,(H,21,22)/t10?,13-/m0/s1. The van der Waals surface area contributed by atoms with Crippen LogP contribution < -0.4 is 5.73 Å². The summed E-state index contributed by atoms with van der Waals surface area (Å²) in [4.78, 5) is 15.0. The molecular formula is C15H15F2N3O2S2. The smallest absolute Gasteiger partial charge is 0.321 e. The highest BCUT2D eigenvalue weighted by molar-refractivity contribution is 8.76. The van der Waals surface area contributed by atoms with Crippen molar-refractivity contribution in [1.82, 2.24) is 9.55 Å². The molecule has 9 heteroatoms. The molecule has 1 unspecified atom stereocenters. The highest BCUT2D eigenvalue weighted by atomic mass is 33.1. The fourth-order valence-corrected chi connectivity index (χ4v) is 4.91. The quantitative estimate of drug-likeness (QED) is 0.760. The summed E-state index contributed by atoms with van der Waals surface area (Å²) in [5.41, 5.74) is 6.70. The number of carboxylic acids is 1. The topological polar surface area (TPSA) is 81.1 Å². The zero-order chi connectivity index (χ0) is 17.3. The molecule has 3 N–H and O–H groups in total. The molecule has 2 atom stereocenters. The van der Waals surface area contributed by atoms with Crippen LogP contribution in [0.4, 0.5) is 8.78 Å². The van der Waals surface area contributed by atoms with Crippen LogP contribution in [-0.2, 0) is 17.6 Å². The maximum atomic E-state index is 13.9. The normalized spacial score (nSPS) is 17.7. The van der Waals surface area contributed by atoms with E-state index in [4.69, 9.17) is 10.8 Å². The fourth-order valence-electron chi connectivity index (χ4n) is 2.70. The number of aliphatic carboxylic acids is 1. The molecule has 0 fully saturated rings. The van der Waals surface area contributed by atoms with Gasteiger partial charge in [-0.1, -0.05) is 10.8 Å². The Kier molecular flexibility index (Phi) is 5.12. The van der Waals surface area contributed by atoms with E-state index in [1.807, 2.05) is 4.57 Å². The minimum absolute atomic E-state index is 0.0324. The van der Waals surface area contributed by atoms with Crippen molar-refractivity contribution in [2.45, 2.75) is 30.1 Å². The van der Waals surface area contributed by atoms with Crippen LogP contribution >= 0.6 is 21.6 Å². The van der Waals surface area contributed by atoms with Gasteiger partial charge in [0.1, 0.15) is 17.7 Å². The van der Waals surface area contributed by atoms with Gasteiger partial charge in [0.2, 0.25) is 0 Å². The molecule has 1 aliphatic carbocycles. The third kappa shape index (κ3) is 3.57. The summed E-state index contributed by atoms with van der Waals surface area (Å²) >= 11 is 0. The van der Waals surface area contributed by atoms with Crippen molar-refractivity contribution < 1.29 is 18.7 Å². The molecule has 3 rings (SSSR count). The van der Waals surface area contributed by atoms with Crippen LogP contribution in [0.5, 0.6) is 0 Å². The lowest BCUT2D eigenvalue weighted by Gasteiger charge is -2.14. The van der Waals surface area contributed by atoms with E-state index in [9.17, 15) is 13.6 Å². The van der Waals surface area contributed by atoms with Crippen molar-refractivity contribution in [3.8, 4) is 0 Å². The molecule has 1 heterocycles. The van der Waals surface area contributed by atoms with Gasteiger partial charge in [0.05, 0.1) is 0 Å². The zero-order valence-electron chi connectivity index (χ0n) is 12.5. The SMILES string of the molecule is N[C@@H](CSSc1nccn1C1Cc2cc(F)cc(F)c2C1)C(=O)O. The Hall–Kier alpha value is -1.58. The molecule has 0 saturated carbocycles. The Bertz CT molecular complexity index is 769. The number of aromatic nitrogens is 2. The second-order valence-corrected chi connectivity index (χ2v) is 7.82. The van der Waals surface area contributed by atoms with Gasteiger partial charge < -0.3 is 15.4 Å². The van der Waals surface area contributed by atoms with Crippen LogP contribution in [0, 0.1) is 11.6 Å². The van der Waals surface area contributed by atoms with Crippen molar-refractivity contribution in [3.05, 3.63) is 47.3 Å². The monoisotopic (exact) mass is 371 g/mol. The number of hydrogen-bond acceptors (Lipinski definition) is 5. The van der Waals surface area contributed by atoms with E-state index >= 15 is 0 Å². The molecule has 0 radical (unpaired) electrons. The van der Waals surface area contributed by atoms with E-state index in [0.29, 0.717) is 29.1 Å². The fraction of sp³-hybridized carbons (Fsp3) is 0.333. The average molecular weight is 371 g/mol. The number of carboxylic acid groups (broad SMARTS) is 1. The molecule has 24 heavy (non-hydrogen) atoms. The van der Waals surface area contributed by atoms with Crippen molar-refractivity contribution in [1.29, 1.82) is 0 Å². The molecule has 2 aromatic rings. The van der Waals surface area contributed by atoms with Crippen LogP contribution in [0.3, 0.4) is 0 Å². The highest BCUT2D eigenvalue weighted by Gasteiger charge is 2.28. The van der Waals surface area contributed by atoms with E-state index < -0.39 is 23.6 Å². The summed E-state index contributed by atoms with van der Waals surface area (Å²) in [6.45, 7) is 0. The Morgan fingerprint density at radius 1 is 1.46 bits per heavy atom. The van der Waals surface area contributed by atoms with Gasteiger partial charge >= 0.3 is 5.97 Å². The van der Waals surface area contributed by atoms with Gasteiger partial charge in [0, 0.05) is 30.3 Å². The minimum atomic E-state index is -1.05. The van der Waals surface area contributed by atoms with Gasteiger partial charge in [-0.15, -0.1) is 0 Å². The summed E-state index contributed by atoms with van der Waals surface area (Å²) < 4.78 is 29.2. The number of fused-ring (bicyclic) bond motifs is 1. The van der Waals surface area contributed by atoms with Crippen LogP contribution in [0.25, 0.3) is 0 Å². The first-order valence-electron chi connectivity index (χ1n) is 7.23. The molecule has 0 bridgehead atoms. The van der Waals surface area contributed by atoms with Gasteiger partial charge in [0.15, 0.2) is 5.16 Å². The second-order valence-electron chi connectivity index (χ2n) is 5.52. The summed E-state index contributed by atoms with van der Waals surface area (Å²) in [7, 11) is 2.63. The Balaban J connectivity index is 1.68. The van der Waals surface area contributed by atoms with Crippen LogP contribution in [0.15, 0.2) is 29.7 Å². The number of nitrogens with two attached hydrogens (primary N) is 1. The largest absolute Gasteiger partial charge is 0.480 e. The maximum absolute atomic E-state index is 13.9. The lowest BCUT2D eigenvalue weighted by molar-refractivity contribution is -0.137. The molecule has 0 saturated heterocycles. The average Bonchev–Trinajstić information content (AvgIpc) is 3.13. The van der Waals surface area contributed by atoms with Crippen molar-refractivity contribution in [2.75, 3.05) is 5.75 Å². The number of rotatable bonds is 6. The molecule has 128 valence electrons. The van der Waals surface area contributed by atoms with Gasteiger partial charge in [0.25, 0.3) is 0 Å². The molecular weight excluding hydrogens is 356 g/mol. The molecule has 1 aromatic carbocycles. The van der Waals surface area contributed by atoms with E-state index in [0.717, 1.165) is 6.07 Å². The lowest BCUT2D eigenvalue weighted by atomic mass is 10.1. The van der Waals surface area contributed by atoms with Crippen molar-refractivity contribution in [3.63, 3.8) is 0 Å². The predicted molar refractivity (Wildman–Crippen MR) is 89.0 cm³/mol. The van der Waals surface area contributed by atoms with Gasteiger partial charge in [-0.25, -0.2) is 13.8 Å². The van der Waals surface area contributed by atoms with E-state index in [1.54, 1.807) is 12.4 Å². The first-order chi connectivity index (χ1) is 11.5. The molecule has 5 nitrogen and oxygen atoms in total. The van der Waals surface area contributed by atoms with Crippen molar-refractivity contribution in [2.24, 2.45) is 5.73 Å². The number of hydrogen-bond donors (Lipinski definition) is 2. The summed E-state index contributed by atoms with van der Waals surface area (Å²) in [5, 5.41) is 9.47. The van der Waals surface area contributed by atoms with Crippen molar-refractivity contribution >= 4 is 27.6 Å². The molecule has 0 aliphatic heterocycles. The van der Waals surface area contributed by atoms with Gasteiger partial charge in [-0.3, -0.25) is 4.79 Å². The van der Waals surface area contributed by atoms with Gasteiger partial charge in [-0.05, 0) is 40.8 Å². The highest BCUT2D eigenvalue weighted by Crippen LogP contribution is 2.37. The molecule has 1 aliphatic rings. The van der Waals surface area contributed by atoms with E-state index in [-0.39, 0.29) is 11.8 Å². The number of imidazole rings is 1. The second kappa shape index (κ2) is 7.12. The van der Waals surface area contributed by atoms with Crippen LogP contribution in [0.2, 0.25) is 0 Å². The Labute approximate surface area is 145 Å². The lowest BCUT2D eigenvalue weighted by Crippen LogP contribution is -2.32. The maximum Gasteiger partial charge on any atom is 0.321 e.